The number of hydrogen-bond donors (Lipinski definition) is 0. The van der Waals surface area contributed by atoms with Crippen molar-refractivity contribution in [2.75, 3.05) is 6.54 Å². The molecular weight excluding hydrogens is 344 g/mol. The van der Waals surface area contributed by atoms with E-state index < -0.39 is 11.6 Å². The van der Waals surface area contributed by atoms with Crippen LogP contribution in [0.15, 0.2) is 40.1 Å². The number of hydrogen-bond acceptors (Lipinski definition) is 5. The van der Waals surface area contributed by atoms with Gasteiger partial charge in [-0.25, -0.2) is 8.78 Å². The van der Waals surface area contributed by atoms with E-state index in [1.165, 1.54) is 12.1 Å². The molecule has 4 nitrogen and oxygen atoms in total. The fourth-order valence-electron chi connectivity index (χ4n) is 3.20. The zero-order valence-corrected chi connectivity index (χ0v) is 14.3. The SMILES string of the molecule is Fc1ccc(CN2CCCC[C@H]2c2nnc(-c3cccs3)o2)cc1F. The molecule has 1 aliphatic rings. The Labute approximate surface area is 148 Å². The smallest absolute Gasteiger partial charge is 0.257 e. The van der Waals surface area contributed by atoms with Crippen molar-refractivity contribution in [3.63, 3.8) is 0 Å². The second-order valence-electron chi connectivity index (χ2n) is 6.15. The topological polar surface area (TPSA) is 42.2 Å². The molecule has 1 fully saturated rings. The summed E-state index contributed by atoms with van der Waals surface area (Å²) in [6, 6.07) is 7.94. The maximum Gasteiger partial charge on any atom is 0.257 e. The highest BCUT2D eigenvalue weighted by molar-refractivity contribution is 7.13. The van der Waals surface area contributed by atoms with Crippen LogP contribution in [-0.4, -0.2) is 21.6 Å². The Balaban J connectivity index is 1.55. The van der Waals surface area contributed by atoms with Crippen LogP contribution in [0, 0.1) is 11.6 Å². The molecule has 0 unspecified atom stereocenters. The number of aromatic nitrogens is 2. The maximum absolute atomic E-state index is 13.5. The van der Waals surface area contributed by atoms with Gasteiger partial charge in [0, 0.05) is 6.54 Å². The molecule has 0 saturated carbocycles. The molecule has 0 aliphatic carbocycles. The van der Waals surface area contributed by atoms with Crippen LogP contribution in [0.1, 0.15) is 36.8 Å². The highest BCUT2D eigenvalue weighted by Gasteiger charge is 2.29. The second-order valence-corrected chi connectivity index (χ2v) is 7.10. The van der Waals surface area contributed by atoms with Gasteiger partial charge in [-0.3, -0.25) is 4.90 Å². The third-order valence-corrected chi connectivity index (χ3v) is 5.30. The number of piperidine rings is 1. The van der Waals surface area contributed by atoms with Gasteiger partial charge < -0.3 is 4.42 Å². The minimum Gasteiger partial charge on any atom is -0.418 e. The summed E-state index contributed by atoms with van der Waals surface area (Å²) < 4.78 is 32.5. The van der Waals surface area contributed by atoms with Gasteiger partial charge in [-0.1, -0.05) is 18.6 Å². The molecule has 1 aliphatic heterocycles. The number of benzene rings is 1. The van der Waals surface area contributed by atoms with Crippen LogP contribution in [0.4, 0.5) is 8.78 Å². The molecular formula is C18H17F2N3OS. The number of likely N-dealkylation sites (tertiary alicyclic amines) is 1. The van der Waals surface area contributed by atoms with E-state index in [1.54, 1.807) is 17.4 Å². The summed E-state index contributed by atoms with van der Waals surface area (Å²) in [6.07, 6.45) is 3.05. The summed E-state index contributed by atoms with van der Waals surface area (Å²) >= 11 is 1.56. The molecule has 2 aromatic heterocycles. The van der Waals surface area contributed by atoms with E-state index >= 15 is 0 Å². The molecule has 25 heavy (non-hydrogen) atoms. The molecule has 3 aromatic rings. The summed E-state index contributed by atoms with van der Waals surface area (Å²) in [5, 5.41) is 10.4. The van der Waals surface area contributed by atoms with Crippen LogP contribution in [0.25, 0.3) is 10.8 Å². The van der Waals surface area contributed by atoms with Crippen molar-refractivity contribution >= 4 is 11.3 Å². The van der Waals surface area contributed by atoms with Crippen molar-refractivity contribution in [1.29, 1.82) is 0 Å². The molecule has 1 saturated heterocycles. The van der Waals surface area contributed by atoms with E-state index in [-0.39, 0.29) is 6.04 Å². The van der Waals surface area contributed by atoms with E-state index in [1.807, 2.05) is 17.5 Å². The lowest BCUT2D eigenvalue weighted by atomic mass is 10.0. The Morgan fingerprint density at radius 2 is 2.08 bits per heavy atom. The summed E-state index contributed by atoms with van der Waals surface area (Å²) in [7, 11) is 0. The van der Waals surface area contributed by atoms with Crippen LogP contribution in [0.2, 0.25) is 0 Å². The molecule has 0 N–H and O–H groups in total. The summed E-state index contributed by atoms with van der Waals surface area (Å²) in [5.74, 6) is -0.519. The molecule has 130 valence electrons. The molecule has 0 bridgehead atoms. The van der Waals surface area contributed by atoms with Crippen molar-refractivity contribution in [2.45, 2.75) is 31.8 Å². The molecule has 1 atom stereocenters. The van der Waals surface area contributed by atoms with Gasteiger partial charge in [-0.05, 0) is 48.5 Å². The second kappa shape index (κ2) is 7.01. The first-order valence-electron chi connectivity index (χ1n) is 8.26. The van der Waals surface area contributed by atoms with Gasteiger partial charge in [0.05, 0.1) is 10.9 Å². The zero-order valence-electron chi connectivity index (χ0n) is 13.5. The van der Waals surface area contributed by atoms with Crippen LogP contribution in [0.3, 0.4) is 0 Å². The Bertz CT molecular complexity index is 850. The van der Waals surface area contributed by atoms with Crippen LogP contribution in [0.5, 0.6) is 0 Å². The highest BCUT2D eigenvalue weighted by Crippen LogP contribution is 2.33. The number of thiophene rings is 1. The first-order chi connectivity index (χ1) is 12.2. The molecule has 4 rings (SSSR count). The Hall–Kier alpha value is -2.12. The minimum absolute atomic E-state index is 0.00285. The fraction of sp³-hybridized carbons (Fsp3) is 0.333. The standard InChI is InChI=1S/C18H17F2N3OS/c19-13-7-6-12(10-14(13)20)11-23-8-2-1-4-15(23)17-21-22-18(24-17)16-5-3-9-25-16/h3,5-7,9-10,15H,1-2,4,8,11H2/t15-/m0/s1. The maximum atomic E-state index is 13.5. The normalized spacial score (nSPS) is 18.6. The first kappa shape index (κ1) is 16.4. The van der Waals surface area contributed by atoms with Gasteiger partial charge in [0.2, 0.25) is 5.89 Å². The lowest BCUT2D eigenvalue weighted by Crippen LogP contribution is -2.33. The fourth-order valence-corrected chi connectivity index (χ4v) is 3.85. The molecule has 3 heterocycles. The van der Waals surface area contributed by atoms with Crippen LogP contribution in [-0.2, 0) is 6.54 Å². The predicted octanol–water partition coefficient (Wildman–Crippen LogP) is 4.80. The molecule has 1 aromatic carbocycles. The number of rotatable bonds is 4. The van der Waals surface area contributed by atoms with Crippen molar-refractivity contribution in [2.24, 2.45) is 0 Å². The van der Waals surface area contributed by atoms with Gasteiger partial charge in [0.1, 0.15) is 0 Å². The zero-order chi connectivity index (χ0) is 17.2. The monoisotopic (exact) mass is 361 g/mol. The van der Waals surface area contributed by atoms with Crippen molar-refractivity contribution < 1.29 is 13.2 Å². The average molecular weight is 361 g/mol. The number of nitrogens with zero attached hydrogens (tertiary/aromatic N) is 3. The molecule has 7 heteroatoms. The van der Waals surface area contributed by atoms with E-state index in [0.29, 0.717) is 18.3 Å². The van der Waals surface area contributed by atoms with E-state index in [0.717, 1.165) is 36.2 Å². The molecule has 0 spiro atoms. The Kier molecular flexibility index (Phi) is 4.59. The van der Waals surface area contributed by atoms with Gasteiger partial charge >= 0.3 is 0 Å². The summed E-state index contributed by atoms with van der Waals surface area (Å²) in [6.45, 7) is 1.39. The van der Waals surface area contributed by atoms with E-state index in [9.17, 15) is 8.78 Å². The predicted molar refractivity (Wildman–Crippen MR) is 91.0 cm³/mol. The Morgan fingerprint density at radius 1 is 1.16 bits per heavy atom. The average Bonchev–Trinajstić information content (AvgIpc) is 3.30. The van der Waals surface area contributed by atoms with Gasteiger partial charge in [-0.2, -0.15) is 0 Å². The van der Waals surface area contributed by atoms with Gasteiger partial charge in [0.25, 0.3) is 5.89 Å². The lowest BCUT2D eigenvalue weighted by Gasteiger charge is -2.33. The summed E-state index contributed by atoms with van der Waals surface area (Å²) in [5.41, 5.74) is 0.740. The quantitative estimate of drug-likeness (QED) is 0.669. The third-order valence-electron chi connectivity index (χ3n) is 4.44. The lowest BCUT2D eigenvalue weighted by molar-refractivity contribution is 0.118. The highest BCUT2D eigenvalue weighted by atomic mass is 32.1. The largest absolute Gasteiger partial charge is 0.418 e. The van der Waals surface area contributed by atoms with Crippen molar-refractivity contribution in [3.8, 4) is 10.8 Å². The first-order valence-corrected chi connectivity index (χ1v) is 9.14. The van der Waals surface area contributed by atoms with Crippen LogP contribution < -0.4 is 0 Å². The molecule has 0 amide bonds. The van der Waals surface area contributed by atoms with Gasteiger partial charge in [-0.15, -0.1) is 21.5 Å². The van der Waals surface area contributed by atoms with E-state index in [4.69, 9.17) is 4.42 Å². The third kappa shape index (κ3) is 3.48. The van der Waals surface area contributed by atoms with Crippen molar-refractivity contribution in [1.82, 2.24) is 15.1 Å². The van der Waals surface area contributed by atoms with Gasteiger partial charge in [0.15, 0.2) is 11.6 Å². The summed E-state index contributed by atoms with van der Waals surface area (Å²) in [4.78, 5) is 3.14. The Morgan fingerprint density at radius 3 is 2.88 bits per heavy atom. The minimum atomic E-state index is -0.823. The molecule has 0 radical (unpaired) electrons. The number of halogens is 2. The van der Waals surface area contributed by atoms with E-state index in [2.05, 4.69) is 15.1 Å². The van der Waals surface area contributed by atoms with Crippen LogP contribution >= 0.6 is 11.3 Å². The van der Waals surface area contributed by atoms with Crippen molar-refractivity contribution in [3.05, 3.63) is 58.8 Å².